The Balaban J connectivity index is 0.00000192. The van der Waals surface area contributed by atoms with Crippen LogP contribution in [0.2, 0.25) is 0 Å². The van der Waals surface area contributed by atoms with Crippen molar-refractivity contribution in [1.82, 2.24) is 4.90 Å². The molecule has 5 nitrogen and oxygen atoms in total. The largest absolute Gasteiger partial charge is 0.457 e. The zero-order chi connectivity index (χ0) is 15.9. The molecule has 3 rings (SSSR count). The molecular formula is C16H22ClFN2O3. The van der Waals surface area contributed by atoms with Gasteiger partial charge in [0.05, 0.1) is 11.7 Å². The molecule has 0 saturated carbocycles. The fourth-order valence-electron chi connectivity index (χ4n) is 3.22. The van der Waals surface area contributed by atoms with Gasteiger partial charge in [-0.1, -0.05) is 6.07 Å². The number of fused-ring (bicyclic) bond motifs is 1. The molecule has 128 valence electrons. The van der Waals surface area contributed by atoms with Crippen LogP contribution in [0.25, 0.3) is 0 Å². The summed E-state index contributed by atoms with van der Waals surface area (Å²) < 4.78 is 18.7. The normalized spacial score (nSPS) is 25.5. The van der Waals surface area contributed by atoms with E-state index < -0.39 is 18.3 Å². The number of nitrogens with two attached hydrogens (primary N) is 1. The molecule has 3 N–H and O–H groups in total. The summed E-state index contributed by atoms with van der Waals surface area (Å²) in [7, 11) is 0. The minimum absolute atomic E-state index is 0. The molecule has 0 spiro atoms. The van der Waals surface area contributed by atoms with Gasteiger partial charge in [-0.15, -0.1) is 12.4 Å². The van der Waals surface area contributed by atoms with E-state index in [4.69, 9.17) is 10.5 Å². The van der Waals surface area contributed by atoms with Crippen LogP contribution < -0.4 is 5.73 Å². The van der Waals surface area contributed by atoms with Crippen LogP contribution >= 0.6 is 12.4 Å². The molecule has 2 heterocycles. The minimum atomic E-state index is -1.05. The van der Waals surface area contributed by atoms with Gasteiger partial charge >= 0.3 is 5.97 Å². The number of alkyl halides is 1. The average molecular weight is 345 g/mol. The van der Waals surface area contributed by atoms with Crippen molar-refractivity contribution in [3.8, 4) is 0 Å². The van der Waals surface area contributed by atoms with Crippen molar-refractivity contribution < 1.29 is 19.0 Å². The van der Waals surface area contributed by atoms with Crippen molar-refractivity contribution in [1.29, 1.82) is 0 Å². The fraction of sp³-hybridized carbons (Fsp3) is 0.562. The molecule has 0 unspecified atom stereocenters. The van der Waals surface area contributed by atoms with Crippen LogP contribution in [-0.2, 0) is 11.3 Å². The number of esters is 1. The first kappa shape index (κ1) is 18.1. The molecule has 23 heavy (non-hydrogen) atoms. The third-order valence-electron chi connectivity index (χ3n) is 4.67. The Morgan fingerprint density at radius 1 is 1.52 bits per heavy atom. The molecule has 0 bridgehead atoms. The van der Waals surface area contributed by atoms with Crippen molar-refractivity contribution in [2.75, 3.05) is 19.6 Å². The van der Waals surface area contributed by atoms with E-state index >= 15 is 0 Å². The quantitative estimate of drug-likeness (QED) is 0.813. The first-order valence-corrected chi connectivity index (χ1v) is 7.57. The van der Waals surface area contributed by atoms with Gasteiger partial charge in [-0.2, -0.15) is 0 Å². The van der Waals surface area contributed by atoms with Crippen LogP contribution in [-0.4, -0.2) is 47.8 Å². The van der Waals surface area contributed by atoms with Crippen molar-refractivity contribution in [2.45, 2.75) is 38.3 Å². The second-order valence-electron chi connectivity index (χ2n) is 6.13. The number of cyclic esters (lactones) is 1. The summed E-state index contributed by atoms with van der Waals surface area (Å²) in [6.45, 7) is 3.44. The first-order valence-electron chi connectivity index (χ1n) is 7.57. The molecule has 1 aromatic rings. The van der Waals surface area contributed by atoms with Crippen LogP contribution in [0.5, 0.6) is 0 Å². The van der Waals surface area contributed by atoms with Gasteiger partial charge in [-0.25, -0.2) is 9.18 Å². The Kier molecular flexibility index (Phi) is 5.62. The average Bonchev–Trinajstić information content (AvgIpc) is 2.86. The van der Waals surface area contributed by atoms with Gasteiger partial charge < -0.3 is 15.6 Å². The number of carbonyl (C=O) groups excluding carboxylic acids is 1. The number of rotatable bonds is 3. The van der Waals surface area contributed by atoms with Crippen LogP contribution in [0.1, 0.15) is 39.6 Å². The zero-order valence-corrected chi connectivity index (χ0v) is 13.8. The van der Waals surface area contributed by atoms with Gasteiger partial charge in [-0.05, 0) is 37.1 Å². The molecule has 0 amide bonds. The van der Waals surface area contributed by atoms with E-state index in [9.17, 15) is 14.3 Å². The summed E-state index contributed by atoms with van der Waals surface area (Å²) in [6, 6.07) is 3.05. The number of β-amino-alcohol motifs (C(OH)–C–C–N with tert-alkyl or cyclic N) is 1. The third-order valence-corrected chi connectivity index (χ3v) is 4.67. The highest BCUT2D eigenvalue weighted by Crippen LogP contribution is 2.29. The molecular weight excluding hydrogens is 323 g/mol. The van der Waals surface area contributed by atoms with Crippen LogP contribution in [0.15, 0.2) is 12.1 Å². The molecule has 1 aromatic carbocycles. The number of carbonyl (C=O) groups is 1. The lowest BCUT2D eigenvalue weighted by Crippen LogP contribution is -2.49. The maximum absolute atomic E-state index is 13.7. The van der Waals surface area contributed by atoms with Gasteiger partial charge in [0.15, 0.2) is 0 Å². The Bertz CT molecular complexity index is 599. The van der Waals surface area contributed by atoms with E-state index in [0.717, 1.165) is 16.7 Å². The van der Waals surface area contributed by atoms with Crippen LogP contribution in [0.4, 0.5) is 4.39 Å². The maximum Gasteiger partial charge on any atom is 0.338 e. The van der Waals surface area contributed by atoms with Crippen molar-refractivity contribution >= 4 is 18.4 Å². The summed E-state index contributed by atoms with van der Waals surface area (Å²) in [5, 5.41) is 10.5. The maximum atomic E-state index is 13.7. The SMILES string of the molecule is Cc1c([C@@H](O)CN2CC[C@@H](N)[C@@H](F)C2)ccc2c1COC2=O.Cl. The molecule has 0 aromatic heterocycles. The summed E-state index contributed by atoms with van der Waals surface area (Å²) in [5.74, 6) is -0.315. The monoisotopic (exact) mass is 344 g/mol. The Morgan fingerprint density at radius 3 is 2.96 bits per heavy atom. The van der Waals surface area contributed by atoms with Gasteiger partial charge in [-0.3, -0.25) is 4.90 Å². The molecule has 0 radical (unpaired) electrons. The van der Waals surface area contributed by atoms with E-state index in [1.54, 1.807) is 12.1 Å². The standard InChI is InChI=1S/C16H21FN2O3.ClH/c1-9-10(2-3-11-12(9)8-22-16(11)21)15(20)7-19-5-4-14(18)13(17)6-19;/h2-3,13-15,20H,4-8,18H2,1H3;1H/t13-,14+,15-;/m0./s1. The summed E-state index contributed by atoms with van der Waals surface area (Å²) >= 11 is 0. The molecule has 2 aliphatic rings. The number of aliphatic hydroxyl groups excluding tert-OH is 1. The minimum Gasteiger partial charge on any atom is -0.457 e. The number of aliphatic hydroxyl groups is 1. The third kappa shape index (κ3) is 3.50. The highest BCUT2D eigenvalue weighted by atomic mass is 35.5. The predicted octanol–water partition coefficient (Wildman–Crippen LogP) is 1.49. The predicted molar refractivity (Wildman–Crippen MR) is 86.4 cm³/mol. The van der Waals surface area contributed by atoms with Crippen molar-refractivity contribution in [3.05, 3.63) is 34.4 Å². The highest BCUT2D eigenvalue weighted by Gasteiger charge is 2.29. The molecule has 1 fully saturated rings. The lowest BCUT2D eigenvalue weighted by Gasteiger charge is -2.34. The second kappa shape index (κ2) is 7.13. The number of nitrogens with zero attached hydrogens (tertiary/aromatic N) is 1. The molecule has 1 saturated heterocycles. The number of benzene rings is 1. The topological polar surface area (TPSA) is 75.8 Å². The zero-order valence-electron chi connectivity index (χ0n) is 13.0. The van der Waals surface area contributed by atoms with E-state index in [1.165, 1.54) is 0 Å². The number of ether oxygens (including phenoxy) is 1. The summed E-state index contributed by atoms with van der Waals surface area (Å²) in [6.07, 6.45) is -1.17. The van der Waals surface area contributed by atoms with Crippen molar-refractivity contribution in [2.24, 2.45) is 5.73 Å². The van der Waals surface area contributed by atoms with E-state index in [2.05, 4.69) is 0 Å². The number of hydrogen-bond acceptors (Lipinski definition) is 5. The lowest BCUT2D eigenvalue weighted by atomic mass is 9.94. The first-order chi connectivity index (χ1) is 10.5. The van der Waals surface area contributed by atoms with Crippen LogP contribution in [0, 0.1) is 6.92 Å². The number of halogens is 2. The van der Waals surface area contributed by atoms with Gasteiger partial charge in [0, 0.05) is 24.7 Å². The van der Waals surface area contributed by atoms with Gasteiger partial charge in [0.25, 0.3) is 0 Å². The smallest absolute Gasteiger partial charge is 0.338 e. The number of hydrogen-bond donors (Lipinski definition) is 2. The molecule has 0 aliphatic carbocycles. The fourth-order valence-corrected chi connectivity index (χ4v) is 3.22. The Morgan fingerprint density at radius 2 is 2.26 bits per heavy atom. The van der Waals surface area contributed by atoms with Gasteiger partial charge in [0.2, 0.25) is 0 Å². The number of piperidine rings is 1. The Hall–Kier alpha value is -1.21. The van der Waals surface area contributed by atoms with Crippen LogP contribution in [0.3, 0.4) is 0 Å². The second-order valence-corrected chi connectivity index (χ2v) is 6.13. The van der Waals surface area contributed by atoms with E-state index in [-0.39, 0.29) is 31.5 Å². The highest BCUT2D eigenvalue weighted by molar-refractivity contribution is 5.93. The number of likely N-dealkylation sites (tertiary alicyclic amines) is 1. The van der Waals surface area contributed by atoms with E-state index in [1.807, 2.05) is 11.8 Å². The summed E-state index contributed by atoms with van der Waals surface area (Å²) in [5.41, 5.74) is 8.72. The molecule has 3 atom stereocenters. The summed E-state index contributed by atoms with van der Waals surface area (Å²) in [4.78, 5) is 13.4. The van der Waals surface area contributed by atoms with E-state index in [0.29, 0.717) is 25.1 Å². The molecule has 2 aliphatic heterocycles. The van der Waals surface area contributed by atoms with Crippen molar-refractivity contribution in [3.63, 3.8) is 0 Å². The van der Waals surface area contributed by atoms with Gasteiger partial charge in [0.1, 0.15) is 12.8 Å². The Labute approximate surface area is 141 Å². The molecule has 7 heteroatoms. The lowest BCUT2D eigenvalue weighted by molar-refractivity contribution is 0.0535.